The number of benzene rings is 1. The fourth-order valence-electron chi connectivity index (χ4n) is 3.19. The summed E-state index contributed by atoms with van der Waals surface area (Å²) in [6, 6.07) is 5.88. The molecular weight excluding hydrogens is 354 g/mol. The van der Waals surface area contributed by atoms with Gasteiger partial charge in [-0.1, -0.05) is 25.3 Å². The minimum absolute atomic E-state index is 0.0471. The van der Waals surface area contributed by atoms with Crippen molar-refractivity contribution < 1.29 is 18.0 Å². The zero-order chi connectivity index (χ0) is 19.4. The van der Waals surface area contributed by atoms with Crippen LogP contribution in [0.5, 0.6) is 0 Å². The summed E-state index contributed by atoms with van der Waals surface area (Å²) in [7, 11) is -0.755. The molecule has 1 aromatic carbocycles. The Labute approximate surface area is 155 Å². The van der Waals surface area contributed by atoms with Crippen molar-refractivity contribution in [2.45, 2.75) is 49.5 Å². The van der Waals surface area contributed by atoms with E-state index in [2.05, 4.69) is 10.6 Å². The molecule has 0 aliphatic heterocycles. The van der Waals surface area contributed by atoms with Crippen molar-refractivity contribution in [3.05, 3.63) is 29.8 Å². The van der Waals surface area contributed by atoms with E-state index < -0.39 is 21.5 Å². The van der Waals surface area contributed by atoms with E-state index in [-0.39, 0.29) is 16.4 Å². The number of nitrogens with one attached hydrogen (secondary N) is 2. The second kappa shape index (κ2) is 8.18. The van der Waals surface area contributed by atoms with Gasteiger partial charge in [-0.05, 0) is 38.0 Å². The number of nitrogens with zero attached hydrogens (tertiary/aromatic N) is 1. The Morgan fingerprint density at radius 3 is 2.38 bits per heavy atom. The SMILES string of the molecule is CCNC(=O)C1(NC(=O)c2cccc(S(=O)(=O)N(C)C)c2)CCCCC1. The highest BCUT2D eigenvalue weighted by Crippen LogP contribution is 2.29. The lowest BCUT2D eigenvalue weighted by Gasteiger charge is -2.36. The number of hydrogen-bond acceptors (Lipinski definition) is 4. The molecule has 1 fully saturated rings. The van der Waals surface area contributed by atoms with Crippen molar-refractivity contribution in [3.8, 4) is 0 Å². The Bertz CT molecular complexity index is 768. The van der Waals surface area contributed by atoms with Crippen LogP contribution in [0.3, 0.4) is 0 Å². The average Bonchev–Trinajstić information content (AvgIpc) is 2.62. The summed E-state index contributed by atoms with van der Waals surface area (Å²) in [5.74, 6) is -0.612. The summed E-state index contributed by atoms with van der Waals surface area (Å²) in [6.45, 7) is 2.33. The molecule has 0 unspecified atom stereocenters. The predicted molar refractivity (Wildman–Crippen MR) is 99.3 cm³/mol. The summed E-state index contributed by atoms with van der Waals surface area (Å²) < 4.78 is 25.7. The van der Waals surface area contributed by atoms with Crippen LogP contribution in [-0.4, -0.2) is 50.7 Å². The van der Waals surface area contributed by atoms with Gasteiger partial charge in [-0.3, -0.25) is 9.59 Å². The zero-order valence-electron chi connectivity index (χ0n) is 15.5. The highest BCUT2D eigenvalue weighted by atomic mass is 32.2. The van der Waals surface area contributed by atoms with Crippen molar-refractivity contribution in [1.82, 2.24) is 14.9 Å². The van der Waals surface area contributed by atoms with Crippen LogP contribution in [0, 0.1) is 0 Å². The van der Waals surface area contributed by atoms with Gasteiger partial charge < -0.3 is 10.6 Å². The second-order valence-electron chi connectivity index (χ2n) is 6.77. The lowest BCUT2D eigenvalue weighted by molar-refractivity contribution is -0.128. The molecule has 0 spiro atoms. The third-order valence-corrected chi connectivity index (χ3v) is 6.52. The molecular formula is C18H27N3O4S. The van der Waals surface area contributed by atoms with Crippen molar-refractivity contribution in [1.29, 1.82) is 0 Å². The predicted octanol–water partition coefficient (Wildman–Crippen LogP) is 1.51. The highest BCUT2D eigenvalue weighted by molar-refractivity contribution is 7.89. The van der Waals surface area contributed by atoms with Gasteiger partial charge in [0.1, 0.15) is 5.54 Å². The van der Waals surface area contributed by atoms with Crippen LogP contribution in [-0.2, 0) is 14.8 Å². The molecule has 26 heavy (non-hydrogen) atoms. The molecule has 0 atom stereocenters. The number of carbonyl (C=O) groups excluding carboxylic acids is 2. The molecule has 0 saturated heterocycles. The van der Waals surface area contributed by atoms with Gasteiger partial charge in [-0.2, -0.15) is 0 Å². The number of hydrogen-bond donors (Lipinski definition) is 2. The third-order valence-electron chi connectivity index (χ3n) is 4.71. The van der Waals surface area contributed by atoms with Crippen LogP contribution in [0.4, 0.5) is 0 Å². The molecule has 0 aromatic heterocycles. The molecule has 0 radical (unpaired) electrons. The first-order valence-electron chi connectivity index (χ1n) is 8.86. The summed E-state index contributed by atoms with van der Waals surface area (Å²) >= 11 is 0. The topological polar surface area (TPSA) is 95.6 Å². The Kier molecular flexibility index (Phi) is 6.41. The smallest absolute Gasteiger partial charge is 0.252 e. The van der Waals surface area contributed by atoms with Gasteiger partial charge in [0.25, 0.3) is 5.91 Å². The Balaban J connectivity index is 2.29. The Hall–Kier alpha value is -1.93. The molecule has 0 bridgehead atoms. The maximum atomic E-state index is 12.8. The van der Waals surface area contributed by atoms with Gasteiger partial charge in [-0.25, -0.2) is 12.7 Å². The lowest BCUT2D eigenvalue weighted by atomic mass is 9.80. The van der Waals surface area contributed by atoms with Crippen LogP contribution >= 0.6 is 0 Å². The van der Waals surface area contributed by atoms with E-state index in [4.69, 9.17) is 0 Å². The minimum atomic E-state index is -3.63. The maximum absolute atomic E-state index is 12.8. The van der Waals surface area contributed by atoms with Crippen LogP contribution in [0.2, 0.25) is 0 Å². The molecule has 0 heterocycles. The molecule has 144 valence electrons. The Morgan fingerprint density at radius 2 is 1.81 bits per heavy atom. The standard InChI is InChI=1S/C18H27N3O4S/c1-4-19-17(23)18(11-6-5-7-12-18)20-16(22)14-9-8-10-15(13-14)26(24,25)21(2)3/h8-10,13H,4-7,11-12H2,1-3H3,(H,19,23)(H,20,22). The summed E-state index contributed by atoms with van der Waals surface area (Å²) in [6.07, 6.45) is 3.94. The molecule has 2 rings (SSSR count). The van der Waals surface area contributed by atoms with E-state index in [1.807, 2.05) is 6.92 Å². The summed E-state index contributed by atoms with van der Waals surface area (Å²) in [4.78, 5) is 25.4. The fraction of sp³-hybridized carbons (Fsp3) is 0.556. The van der Waals surface area contributed by atoms with Gasteiger partial charge in [0.15, 0.2) is 0 Å². The van der Waals surface area contributed by atoms with E-state index in [9.17, 15) is 18.0 Å². The quantitative estimate of drug-likeness (QED) is 0.781. The van der Waals surface area contributed by atoms with Crippen molar-refractivity contribution in [3.63, 3.8) is 0 Å². The van der Waals surface area contributed by atoms with Gasteiger partial charge in [-0.15, -0.1) is 0 Å². The molecule has 2 amide bonds. The van der Waals surface area contributed by atoms with Crippen LogP contribution in [0.15, 0.2) is 29.2 Å². The Morgan fingerprint density at radius 1 is 1.15 bits per heavy atom. The number of likely N-dealkylation sites (N-methyl/N-ethyl adjacent to an activating group) is 1. The molecule has 1 aliphatic carbocycles. The van der Waals surface area contributed by atoms with Crippen LogP contribution in [0.25, 0.3) is 0 Å². The van der Waals surface area contributed by atoms with Crippen molar-refractivity contribution in [2.24, 2.45) is 0 Å². The van der Waals surface area contributed by atoms with Gasteiger partial charge >= 0.3 is 0 Å². The monoisotopic (exact) mass is 381 g/mol. The largest absolute Gasteiger partial charge is 0.354 e. The normalized spacial score (nSPS) is 16.9. The number of amides is 2. The van der Waals surface area contributed by atoms with E-state index in [0.29, 0.717) is 19.4 Å². The molecule has 2 N–H and O–H groups in total. The van der Waals surface area contributed by atoms with Crippen molar-refractivity contribution in [2.75, 3.05) is 20.6 Å². The number of rotatable bonds is 6. The van der Waals surface area contributed by atoms with E-state index in [1.165, 1.54) is 32.3 Å². The van der Waals surface area contributed by atoms with Crippen LogP contribution < -0.4 is 10.6 Å². The maximum Gasteiger partial charge on any atom is 0.252 e. The summed E-state index contributed by atoms with van der Waals surface area (Å²) in [5, 5.41) is 5.69. The summed E-state index contributed by atoms with van der Waals surface area (Å²) in [5.41, 5.74) is -0.705. The lowest BCUT2D eigenvalue weighted by Crippen LogP contribution is -2.59. The first kappa shape index (κ1) is 20.4. The molecule has 7 nitrogen and oxygen atoms in total. The van der Waals surface area contributed by atoms with E-state index in [1.54, 1.807) is 6.07 Å². The number of carbonyl (C=O) groups is 2. The van der Waals surface area contributed by atoms with E-state index >= 15 is 0 Å². The molecule has 1 aliphatic rings. The average molecular weight is 381 g/mol. The first-order valence-corrected chi connectivity index (χ1v) is 10.3. The second-order valence-corrected chi connectivity index (χ2v) is 8.92. The minimum Gasteiger partial charge on any atom is -0.354 e. The first-order chi connectivity index (χ1) is 12.2. The zero-order valence-corrected chi connectivity index (χ0v) is 16.4. The number of sulfonamides is 1. The van der Waals surface area contributed by atoms with Gasteiger partial charge in [0, 0.05) is 26.2 Å². The van der Waals surface area contributed by atoms with Gasteiger partial charge in [0.05, 0.1) is 4.90 Å². The van der Waals surface area contributed by atoms with Crippen LogP contribution in [0.1, 0.15) is 49.4 Å². The van der Waals surface area contributed by atoms with E-state index in [0.717, 1.165) is 23.6 Å². The molecule has 8 heteroatoms. The molecule has 1 aromatic rings. The fourth-order valence-corrected chi connectivity index (χ4v) is 4.14. The van der Waals surface area contributed by atoms with Crippen molar-refractivity contribution >= 4 is 21.8 Å². The molecule has 1 saturated carbocycles. The van der Waals surface area contributed by atoms with Gasteiger partial charge in [0.2, 0.25) is 15.9 Å². The third kappa shape index (κ3) is 4.24. The highest BCUT2D eigenvalue weighted by Gasteiger charge is 2.40.